The maximum Gasteiger partial charge on any atom is 0.105 e. The van der Waals surface area contributed by atoms with E-state index < -0.39 is 0 Å². The number of hydrogen-bond donors (Lipinski definition) is 1. The molecule has 0 saturated carbocycles. The molecule has 1 unspecified atom stereocenters. The van der Waals surface area contributed by atoms with E-state index in [0.29, 0.717) is 5.02 Å². The molecule has 0 amide bonds. The third-order valence-corrected chi connectivity index (χ3v) is 3.95. The van der Waals surface area contributed by atoms with E-state index in [2.05, 4.69) is 12.2 Å². The first kappa shape index (κ1) is 15.4. The zero-order valence-corrected chi connectivity index (χ0v) is 13.3. The molecule has 0 radical (unpaired) electrons. The van der Waals surface area contributed by atoms with Crippen LogP contribution in [0.25, 0.3) is 0 Å². The van der Waals surface area contributed by atoms with Crippen molar-refractivity contribution in [1.29, 1.82) is 0 Å². The van der Waals surface area contributed by atoms with Crippen LogP contribution in [0.5, 0.6) is 0 Å². The predicted octanol–water partition coefficient (Wildman–Crippen LogP) is 5.18. The first-order valence-electron chi connectivity index (χ1n) is 6.83. The molecule has 2 aromatic rings. The van der Waals surface area contributed by atoms with Crippen molar-refractivity contribution in [3.8, 4) is 0 Å². The topological polar surface area (TPSA) is 25.2 Å². The van der Waals surface area contributed by atoms with Crippen LogP contribution < -0.4 is 5.32 Å². The van der Waals surface area contributed by atoms with Gasteiger partial charge in [-0.25, -0.2) is 0 Å². The molecule has 0 spiro atoms. The van der Waals surface area contributed by atoms with Crippen LogP contribution in [0.15, 0.2) is 34.9 Å². The monoisotopic (exact) mass is 311 g/mol. The van der Waals surface area contributed by atoms with Crippen LogP contribution in [-0.4, -0.2) is 6.54 Å². The molecule has 0 aliphatic heterocycles. The zero-order valence-electron chi connectivity index (χ0n) is 11.7. The summed E-state index contributed by atoms with van der Waals surface area (Å²) in [5, 5.41) is 5.01. The second-order valence-electron chi connectivity index (χ2n) is 4.88. The van der Waals surface area contributed by atoms with Crippen molar-refractivity contribution in [3.63, 3.8) is 0 Å². The molecule has 2 rings (SSSR count). The fourth-order valence-electron chi connectivity index (χ4n) is 2.29. The Morgan fingerprint density at radius 3 is 2.70 bits per heavy atom. The van der Waals surface area contributed by atoms with E-state index in [1.165, 1.54) is 5.56 Å². The molecular formula is C16H19Cl2NO. The molecule has 2 nitrogen and oxygen atoms in total. The summed E-state index contributed by atoms with van der Waals surface area (Å²) in [6.45, 7) is 5.08. The second kappa shape index (κ2) is 7.16. The van der Waals surface area contributed by atoms with Gasteiger partial charge < -0.3 is 9.73 Å². The lowest BCUT2D eigenvalue weighted by atomic mass is 9.99. The average molecular weight is 312 g/mol. The lowest BCUT2D eigenvalue weighted by molar-refractivity contribution is 0.494. The Hall–Kier alpha value is -0.960. The molecule has 1 N–H and O–H groups in total. The van der Waals surface area contributed by atoms with Crippen LogP contribution in [0.3, 0.4) is 0 Å². The molecule has 1 aromatic heterocycles. The minimum Gasteiger partial charge on any atom is -0.469 e. The Bertz CT molecular complexity index is 565. The van der Waals surface area contributed by atoms with Crippen LogP contribution in [0, 0.1) is 6.92 Å². The standard InChI is InChI=1S/C16H19Cl2NO/c1-3-7-19-16(14-6-8-20-11(14)2)10-12-9-13(17)4-5-15(12)18/h4-6,8-9,16,19H,3,7,10H2,1-2H3. The first-order chi connectivity index (χ1) is 9.61. The summed E-state index contributed by atoms with van der Waals surface area (Å²) in [6, 6.07) is 7.79. The average Bonchev–Trinajstić information content (AvgIpc) is 2.84. The van der Waals surface area contributed by atoms with Crippen LogP contribution in [0.4, 0.5) is 0 Å². The van der Waals surface area contributed by atoms with Gasteiger partial charge in [0.05, 0.1) is 6.26 Å². The number of halogens is 2. The normalized spacial score (nSPS) is 12.6. The van der Waals surface area contributed by atoms with Crippen molar-refractivity contribution in [1.82, 2.24) is 5.32 Å². The van der Waals surface area contributed by atoms with Crippen LogP contribution in [0.1, 0.15) is 36.3 Å². The van der Waals surface area contributed by atoms with Crippen LogP contribution >= 0.6 is 23.2 Å². The highest BCUT2D eigenvalue weighted by Gasteiger charge is 2.17. The van der Waals surface area contributed by atoms with Gasteiger partial charge >= 0.3 is 0 Å². The molecular weight excluding hydrogens is 293 g/mol. The van der Waals surface area contributed by atoms with E-state index in [1.54, 1.807) is 6.26 Å². The van der Waals surface area contributed by atoms with Gasteiger partial charge in [0, 0.05) is 21.7 Å². The van der Waals surface area contributed by atoms with Crippen molar-refractivity contribution in [3.05, 3.63) is 57.5 Å². The van der Waals surface area contributed by atoms with E-state index in [4.69, 9.17) is 27.6 Å². The highest BCUT2D eigenvalue weighted by Crippen LogP contribution is 2.28. The van der Waals surface area contributed by atoms with Gasteiger partial charge in [-0.15, -0.1) is 0 Å². The fraction of sp³-hybridized carbons (Fsp3) is 0.375. The molecule has 0 aliphatic rings. The summed E-state index contributed by atoms with van der Waals surface area (Å²) < 4.78 is 5.42. The molecule has 1 heterocycles. The van der Waals surface area contributed by atoms with Crippen LogP contribution in [-0.2, 0) is 6.42 Å². The van der Waals surface area contributed by atoms with Crippen molar-refractivity contribution in [2.45, 2.75) is 32.7 Å². The summed E-state index contributed by atoms with van der Waals surface area (Å²) in [5.41, 5.74) is 2.22. The second-order valence-corrected chi connectivity index (χ2v) is 5.72. The van der Waals surface area contributed by atoms with Gasteiger partial charge in [0.25, 0.3) is 0 Å². The summed E-state index contributed by atoms with van der Waals surface area (Å²) >= 11 is 12.3. The first-order valence-corrected chi connectivity index (χ1v) is 7.58. The number of aryl methyl sites for hydroxylation is 1. The van der Waals surface area contributed by atoms with E-state index >= 15 is 0 Å². The summed E-state index contributed by atoms with van der Waals surface area (Å²) in [4.78, 5) is 0. The minimum atomic E-state index is 0.185. The number of rotatable bonds is 6. The Labute approximate surface area is 130 Å². The van der Waals surface area contributed by atoms with Gasteiger partial charge in [0.2, 0.25) is 0 Å². The zero-order chi connectivity index (χ0) is 14.5. The van der Waals surface area contributed by atoms with Gasteiger partial charge in [0.1, 0.15) is 5.76 Å². The SMILES string of the molecule is CCCNC(Cc1cc(Cl)ccc1Cl)c1ccoc1C. The predicted molar refractivity (Wildman–Crippen MR) is 84.6 cm³/mol. The molecule has 4 heteroatoms. The van der Waals surface area contributed by atoms with Crippen molar-refractivity contribution in [2.24, 2.45) is 0 Å². The number of benzene rings is 1. The van der Waals surface area contributed by atoms with E-state index in [-0.39, 0.29) is 6.04 Å². The maximum absolute atomic E-state index is 6.27. The largest absolute Gasteiger partial charge is 0.469 e. The summed E-state index contributed by atoms with van der Waals surface area (Å²) in [5.74, 6) is 0.941. The smallest absolute Gasteiger partial charge is 0.105 e. The molecule has 20 heavy (non-hydrogen) atoms. The van der Waals surface area contributed by atoms with Crippen LogP contribution in [0.2, 0.25) is 10.0 Å². The highest BCUT2D eigenvalue weighted by molar-refractivity contribution is 6.33. The third kappa shape index (κ3) is 3.78. The van der Waals surface area contributed by atoms with Gasteiger partial charge in [0.15, 0.2) is 0 Å². The quantitative estimate of drug-likeness (QED) is 0.795. The summed E-state index contributed by atoms with van der Waals surface area (Å²) in [6.07, 6.45) is 3.60. The van der Waals surface area contributed by atoms with Gasteiger partial charge in [-0.1, -0.05) is 30.1 Å². The van der Waals surface area contributed by atoms with E-state index in [9.17, 15) is 0 Å². The number of furan rings is 1. The number of hydrogen-bond acceptors (Lipinski definition) is 2. The molecule has 1 aromatic carbocycles. The Morgan fingerprint density at radius 2 is 2.05 bits per heavy atom. The molecule has 0 fully saturated rings. The van der Waals surface area contributed by atoms with Gasteiger partial charge in [-0.05, 0) is 56.1 Å². The van der Waals surface area contributed by atoms with E-state index in [1.807, 2.05) is 31.2 Å². The van der Waals surface area contributed by atoms with Crippen molar-refractivity contribution >= 4 is 23.2 Å². The van der Waals surface area contributed by atoms with Gasteiger partial charge in [-0.2, -0.15) is 0 Å². The molecule has 0 saturated heterocycles. The van der Waals surface area contributed by atoms with E-state index in [0.717, 1.165) is 35.7 Å². The molecule has 0 bridgehead atoms. The lowest BCUT2D eigenvalue weighted by Gasteiger charge is -2.19. The van der Waals surface area contributed by atoms with Gasteiger partial charge in [-0.3, -0.25) is 0 Å². The Kier molecular flexibility index (Phi) is 5.53. The number of nitrogens with one attached hydrogen (secondary N) is 1. The Balaban J connectivity index is 2.23. The molecule has 0 aliphatic carbocycles. The molecule has 108 valence electrons. The molecule has 1 atom stereocenters. The Morgan fingerprint density at radius 1 is 1.25 bits per heavy atom. The lowest BCUT2D eigenvalue weighted by Crippen LogP contribution is -2.24. The highest BCUT2D eigenvalue weighted by atomic mass is 35.5. The van der Waals surface area contributed by atoms with Crippen molar-refractivity contribution < 1.29 is 4.42 Å². The minimum absolute atomic E-state index is 0.185. The van der Waals surface area contributed by atoms with Crippen molar-refractivity contribution in [2.75, 3.05) is 6.54 Å². The third-order valence-electron chi connectivity index (χ3n) is 3.35. The fourth-order valence-corrected chi connectivity index (χ4v) is 2.68. The summed E-state index contributed by atoms with van der Waals surface area (Å²) in [7, 11) is 0. The maximum atomic E-state index is 6.27.